The van der Waals surface area contributed by atoms with Crippen molar-refractivity contribution in [1.29, 1.82) is 0 Å². The van der Waals surface area contributed by atoms with E-state index in [1.165, 1.54) is 25.7 Å². The van der Waals surface area contributed by atoms with Crippen LogP contribution in [0.3, 0.4) is 0 Å². The number of anilines is 1. The number of hydrogen-bond acceptors (Lipinski definition) is 4. The molecular formula is C13H24ClN3O. The van der Waals surface area contributed by atoms with Crippen LogP contribution in [-0.4, -0.2) is 22.6 Å². The van der Waals surface area contributed by atoms with Crippen LogP contribution >= 0.6 is 11.6 Å². The van der Waals surface area contributed by atoms with Crippen LogP contribution in [0.1, 0.15) is 52.3 Å². The van der Waals surface area contributed by atoms with Crippen LogP contribution < -0.4 is 5.32 Å². The van der Waals surface area contributed by atoms with E-state index < -0.39 is 0 Å². The molecule has 0 atom stereocenters. The average molecular weight is 274 g/mol. The maximum atomic E-state index is 5.62. The number of nitrogens with one attached hydrogen (secondary N) is 1. The third kappa shape index (κ3) is 5.71. The molecule has 0 amide bonds. The highest BCUT2D eigenvalue weighted by atomic mass is 35.5. The highest BCUT2D eigenvalue weighted by Gasteiger charge is 2.18. The van der Waals surface area contributed by atoms with Crippen molar-refractivity contribution < 1.29 is 4.42 Å². The summed E-state index contributed by atoms with van der Waals surface area (Å²) in [4.78, 5) is 0. The summed E-state index contributed by atoms with van der Waals surface area (Å²) in [5.41, 5.74) is 0.246. The molecule has 5 heteroatoms. The summed E-state index contributed by atoms with van der Waals surface area (Å²) in [6.07, 6.45) is 5.65. The van der Waals surface area contributed by atoms with Gasteiger partial charge in [-0.2, -0.15) is 0 Å². The largest absolute Gasteiger partial charge is 0.408 e. The first-order chi connectivity index (χ1) is 8.57. The number of hydrogen-bond donors (Lipinski definition) is 1. The summed E-state index contributed by atoms with van der Waals surface area (Å²) in [6.45, 7) is 7.58. The maximum absolute atomic E-state index is 5.62. The van der Waals surface area contributed by atoms with Gasteiger partial charge in [0.05, 0.1) is 0 Å². The van der Waals surface area contributed by atoms with Crippen molar-refractivity contribution in [2.75, 3.05) is 17.7 Å². The van der Waals surface area contributed by atoms with Crippen molar-refractivity contribution in [3.63, 3.8) is 0 Å². The van der Waals surface area contributed by atoms with Crippen molar-refractivity contribution in [2.45, 2.75) is 52.9 Å². The predicted octanol–water partition coefficient (Wildman–Crippen LogP) is 3.87. The molecule has 4 nitrogen and oxygen atoms in total. The van der Waals surface area contributed by atoms with Crippen LogP contribution in [0.4, 0.5) is 6.01 Å². The van der Waals surface area contributed by atoms with Crippen LogP contribution in [0.25, 0.3) is 0 Å². The molecule has 0 bridgehead atoms. The second-order valence-electron chi connectivity index (χ2n) is 5.41. The minimum absolute atomic E-state index is 0.246. The Hall–Kier alpha value is -0.770. The Kier molecular flexibility index (Phi) is 6.47. The van der Waals surface area contributed by atoms with Crippen LogP contribution in [0.2, 0.25) is 0 Å². The average Bonchev–Trinajstić information content (AvgIpc) is 2.75. The zero-order valence-electron chi connectivity index (χ0n) is 11.6. The van der Waals surface area contributed by atoms with Gasteiger partial charge < -0.3 is 9.73 Å². The Morgan fingerprint density at radius 2 is 2.06 bits per heavy atom. The monoisotopic (exact) mass is 273 g/mol. The molecule has 1 N–H and O–H groups in total. The van der Waals surface area contributed by atoms with E-state index in [0.29, 0.717) is 24.2 Å². The van der Waals surface area contributed by atoms with Crippen LogP contribution in [-0.2, 0) is 6.42 Å². The lowest BCUT2D eigenvalue weighted by Crippen LogP contribution is -2.23. The quantitative estimate of drug-likeness (QED) is 0.548. The number of halogens is 1. The van der Waals surface area contributed by atoms with Gasteiger partial charge in [-0.25, -0.2) is 0 Å². The van der Waals surface area contributed by atoms with Gasteiger partial charge in [0.2, 0.25) is 5.89 Å². The van der Waals surface area contributed by atoms with E-state index in [0.717, 1.165) is 6.54 Å². The zero-order valence-corrected chi connectivity index (χ0v) is 12.4. The summed E-state index contributed by atoms with van der Waals surface area (Å²) in [6, 6.07) is 0.499. The molecule has 0 fully saturated rings. The smallest absolute Gasteiger partial charge is 0.315 e. The van der Waals surface area contributed by atoms with Crippen molar-refractivity contribution in [3.8, 4) is 0 Å². The van der Waals surface area contributed by atoms with Crippen molar-refractivity contribution in [2.24, 2.45) is 5.41 Å². The summed E-state index contributed by atoms with van der Waals surface area (Å²) >= 11 is 5.62. The Morgan fingerprint density at radius 1 is 1.28 bits per heavy atom. The Labute approximate surface area is 115 Å². The van der Waals surface area contributed by atoms with Gasteiger partial charge in [-0.3, -0.25) is 0 Å². The van der Waals surface area contributed by atoms with Gasteiger partial charge in [0.1, 0.15) is 0 Å². The maximum Gasteiger partial charge on any atom is 0.315 e. The summed E-state index contributed by atoms with van der Waals surface area (Å²) in [7, 11) is 0. The van der Waals surface area contributed by atoms with E-state index in [-0.39, 0.29) is 5.41 Å². The topological polar surface area (TPSA) is 51.0 Å². The molecule has 18 heavy (non-hydrogen) atoms. The molecule has 0 saturated carbocycles. The molecular weight excluding hydrogens is 250 g/mol. The fourth-order valence-electron chi connectivity index (χ4n) is 1.76. The minimum atomic E-state index is 0.246. The first kappa shape index (κ1) is 15.3. The zero-order chi connectivity index (χ0) is 13.4. The molecule has 1 rings (SSSR count). The molecule has 0 radical (unpaired) electrons. The van der Waals surface area contributed by atoms with Gasteiger partial charge in [-0.1, -0.05) is 45.1 Å². The van der Waals surface area contributed by atoms with Crippen molar-refractivity contribution in [3.05, 3.63) is 5.89 Å². The molecule has 0 aliphatic heterocycles. The van der Waals surface area contributed by atoms with E-state index in [4.69, 9.17) is 16.0 Å². The predicted molar refractivity (Wildman–Crippen MR) is 75.1 cm³/mol. The highest BCUT2D eigenvalue weighted by Crippen LogP contribution is 2.24. The Bertz CT molecular complexity index is 339. The van der Waals surface area contributed by atoms with E-state index in [1.54, 1.807) is 0 Å². The SMILES string of the molecule is CCCCCC(C)(C)CNc1nnc(CCCl)o1. The summed E-state index contributed by atoms with van der Waals surface area (Å²) in [5, 5.41) is 11.1. The molecule has 0 saturated heterocycles. The number of aryl methyl sites for hydroxylation is 1. The van der Waals surface area contributed by atoms with E-state index in [1.807, 2.05) is 0 Å². The molecule has 0 spiro atoms. The molecule has 104 valence electrons. The van der Waals surface area contributed by atoms with Gasteiger partial charge in [0.25, 0.3) is 0 Å². The second kappa shape index (κ2) is 7.62. The molecule has 0 unspecified atom stereocenters. The number of unbranched alkanes of at least 4 members (excludes halogenated alkanes) is 2. The molecule has 0 aliphatic rings. The minimum Gasteiger partial charge on any atom is -0.408 e. The first-order valence-electron chi connectivity index (χ1n) is 6.69. The number of rotatable bonds is 9. The van der Waals surface area contributed by atoms with Gasteiger partial charge in [0, 0.05) is 18.8 Å². The summed E-state index contributed by atoms with van der Waals surface area (Å²) < 4.78 is 5.43. The third-order valence-electron chi connectivity index (χ3n) is 2.95. The van der Waals surface area contributed by atoms with Crippen LogP contribution in [0.5, 0.6) is 0 Å². The Morgan fingerprint density at radius 3 is 2.72 bits per heavy atom. The molecule has 1 aromatic heterocycles. The third-order valence-corrected chi connectivity index (χ3v) is 3.14. The van der Waals surface area contributed by atoms with Crippen LogP contribution in [0, 0.1) is 5.41 Å². The van der Waals surface area contributed by atoms with Gasteiger partial charge >= 0.3 is 6.01 Å². The molecule has 1 heterocycles. The molecule has 0 aliphatic carbocycles. The fraction of sp³-hybridized carbons (Fsp3) is 0.846. The normalized spacial score (nSPS) is 11.8. The Balaban J connectivity index is 2.33. The lowest BCUT2D eigenvalue weighted by molar-refractivity contribution is 0.338. The lowest BCUT2D eigenvalue weighted by atomic mass is 9.87. The molecule has 0 aromatic carbocycles. The second-order valence-corrected chi connectivity index (χ2v) is 5.79. The summed E-state index contributed by atoms with van der Waals surface area (Å²) in [5.74, 6) is 1.10. The number of aromatic nitrogens is 2. The highest BCUT2D eigenvalue weighted by molar-refractivity contribution is 6.17. The van der Waals surface area contributed by atoms with Crippen LogP contribution in [0.15, 0.2) is 4.42 Å². The lowest BCUT2D eigenvalue weighted by Gasteiger charge is -2.24. The van der Waals surface area contributed by atoms with E-state index in [2.05, 4.69) is 36.3 Å². The first-order valence-corrected chi connectivity index (χ1v) is 7.23. The van der Waals surface area contributed by atoms with Gasteiger partial charge in [0.15, 0.2) is 0 Å². The standard InChI is InChI=1S/C13H24ClN3O/c1-4-5-6-8-13(2,3)10-15-12-17-16-11(18-12)7-9-14/h4-10H2,1-3H3,(H,15,17). The fourth-order valence-corrected chi connectivity index (χ4v) is 1.93. The number of nitrogens with zero attached hydrogens (tertiary/aromatic N) is 2. The molecule has 1 aromatic rings. The van der Waals surface area contributed by atoms with Gasteiger partial charge in [-0.05, 0) is 11.8 Å². The van der Waals surface area contributed by atoms with Gasteiger partial charge in [-0.15, -0.1) is 16.7 Å². The number of alkyl halides is 1. The van der Waals surface area contributed by atoms with E-state index in [9.17, 15) is 0 Å². The van der Waals surface area contributed by atoms with Crippen molar-refractivity contribution in [1.82, 2.24) is 10.2 Å². The van der Waals surface area contributed by atoms with E-state index >= 15 is 0 Å². The van der Waals surface area contributed by atoms with Crippen molar-refractivity contribution >= 4 is 17.6 Å².